The fraction of sp³-hybridized carbons (Fsp3) is 0.0588. The maximum Gasteiger partial charge on any atom is 0.244 e. The molecule has 0 aliphatic heterocycles. The standard InChI is InChI=1S/C17H14ClN3O/c18-14-7-5-12(6-8-14)9-17(22)21-20-11-13-10-19-16-4-2-1-3-15(13)16/h1-8,10-11,19H,9H2,(H,21,22)/b20-11+. The monoisotopic (exact) mass is 311 g/mol. The summed E-state index contributed by atoms with van der Waals surface area (Å²) in [7, 11) is 0. The Morgan fingerprint density at radius 1 is 1.18 bits per heavy atom. The molecule has 0 fully saturated rings. The highest BCUT2D eigenvalue weighted by molar-refractivity contribution is 6.30. The molecule has 0 saturated heterocycles. The lowest BCUT2D eigenvalue weighted by Gasteiger charge is -2.00. The van der Waals surface area contributed by atoms with E-state index in [-0.39, 0.29) is 12.3 Å². The van der Waals surface area contributed by atoms with Gasteiger partial charge in [0.05, 0.1) is 12.6 Å². The molecule has 0 bridgehead atoms. The van der Waals surface area contributed by atoms with Crippen molar-refractivity contribution in [2.75, 3.05) is 0 Å². The number of benzene rings is 2. The number of nitrogens with zero attached hydrogens (tertiary/aromatic N) is 1. The molecule has 2 N–H and O–H groups in total. The molecule has 0 unspecified atom stereocenters. The van der Waals surface area contributed by atoms with Crippen LogP contribution in [0.15, 0.2) is 59.8 Å². The molecule has 3 aromatic rings. The Labute approximate surface area is 132 Å². The third-order valence-electron chi connectivity index (χ3n) is 3.29. The summed E-state index contributed by atoms with van der Waals surface area (Å²) in [5.74, 6) is -0.168. The van der Waals surface area contributed by atoms with Gasteiger partial charge in [-0.15, -0.1) is 0 Å². The number of para-hydroxylation sites is 1. The number of aromatic amines is 1. The maximum atomic E-state index is 11.8. The highest BCUT2D eigenvalue weighted by atomic mass is 35.5. The molecule has 1 aromatic heterocycles. The first-order valence-corrected chi connectivity index (χ1v) is 7.22. The average Bonchev–Trinajstić information content (AvgIpc) is 2.93. The van der Waals surface area contributed by atoms with Crippen LogP contribution in [0.4, 0.5) is 0 Å². The molecule has 110 valence electrons. The molecule has 0 atom stereocenters. The van der Waals surface area contributed by atoms with E-state index >= 15 is 0 Å². The summed E-state index contributed by atoms with van der Waals surface area (Å²) in [5.41, 5.74) is 5.40. The van der Waals surface area contributed by atoms with Crippen molar-refractivity contribution in [1.82, 2.24) is 10.4 Å². The summed E-state index contributed by atoms with van der Waals surface area (Å²) >= 11 is 5.81. The van der Waals surface area contributed by atoms with Gasteiger partial charge in [0.15, 0.2) is 0 Å². The molecular weight excluding hydrogens is 298 g/mol. The third-order valence-corrected chi connectivity index (χ3v) is 3.54. The molecule has 1 heterocycles. The fourth-order valence-electron chi connectivity index (χ4n) is 2.20. The predicted molar refractivity (Wildman–Crippen MR) is 89.2 cm³/mol. The van der Waals surface area contributed by atoms with Crippen molar-refractivity contribution in [3.63, 3.8) is 0 Å². The van der Waals surface area contributed by atoms with Crippen molar-refractivity contribution in [2.24, 2.45) is 5.10 Å². The van der Waals surface area contributed by atoms with E-state index in [0.717, 1.165) is 22.0 Å². The second kappa shape index (κ2) is 6.45. The number of hydrogen-bond acceptors (Lipinski definition) is 2. The van der Waals surface area contributed by atoms with Gasteiger partial charge in [-0.05, 0) is 23.8 Å². The molecule has 0 saturated carbocycles. The lowest BCUT2D eigenvalue weighted by molar-refractivity contribution is -0.120. The van der Waals surface area contributed by atoms with E-state index in [2.05, 4.69) is 15.5 Å². The Hall–Kier alpha value is -2.59. The minimum absolute atomic E-state index is 0.168. The lowest BCUT2D eigenvalue weighted by Crippen LogP contribution is -2.19. The highest BCUT2D eigenvalue weighted by Gasteiger charge is 2.03. The molecule has 0 spiro atoms. The SMILES string of the molecule is O=C(Cc1ccc(Cl)cc1)N/N=C/c1c[nH]c2ccccc12. The predicted octanol–water partition coefficient (Wildman–Crippen LogP) is 3.51. The van der Waals surface area contributed by atoms with Crippen LogP contribution in [0, 0.1) is 0 Å². The Kier molecular flexibility index (Phi) is 4.21. The number of rotatable bonds is 4. The van der Waals surface area contributed by atoms with Crippen LogP contribution in [0.5, 0.6) is 0 Å². The van der Waals surface area contributed by atoms with Crippen molar-refractivity contribution < 1.29 is 4.79 Å². The Morgan fingerprint density at radius 2 is 1.95 bits per heavy atom. The number of hydrazone groups is 1. The molecule has 0 aliphatic carbocycles. The van der Waals surface area contributed by atoms with E-state index in [1.54, 1.807) is 18.3 Å². The van der Waals surface area contributed by atoms with Crippen LogP contribution in [-0.2, 0) is 11.2 Å². The van der Waals surface area contributed by atoms with E-state index < -0.39 is 0 Å². The zero-order chi connectivity index (χ0) is 15.4. The fourth-order valence-corrected chi connectivity index (χ4v) is 2.33. The normalized spacial score (nSPS) is 11.1. The number of fused-ring (bicyclic) bond motifs is 1. The molecule has 1 amide bonds. The highest BCUT2D eigenvalue weighted by Crippen LogP contribution is 2.15. The van der Waals surface area contributed by atoms with Gasteiger partial charge < -0.3 is 4.98 Å². The van der Waals surface area contributed by atoms with Crippen LogP contribution in [0.25, 0.3) is 10.9 Å². The Morgan fingerprint density at radius 3 is 2.77 bits per heavy atom. The van der Waals surface area contributed by atoms with Gasteiger partial charge in [0, 0.05) is 27.7 Å². The number of hydrogen-bond donors (Lipinski definition) is 2. The first-order chi connectivity index (χ1) is 10.7. The van der Waals surface area contributed by atoms with E-state index in [1.807, 2.05) is 42.6 Å². The summed E-state index contributed by atoms with van der Waals surface area (Å²) in [4.78, 5) is 15.0. The molecule has 22 heavy (non-hydrogen) atoms. The van der Waals surface area contributed by atoms with Crippen molar-refractivity contribution in [2.45, 2.75) is 6.42 Å². The number of aromatic nitrogens is 1. The average molecular weight is 312 g/mol. The summed E-state index contributed by atoms with van der Waals surface area (Å²) in [6, 6.07) is 15.1. The minimum Gasteiger partial charge on any atom is -0.361 e. The second-order valence-electron chi connectivity index (χ2n) is 4.89. The number of nitrogens with one attached hydrogen (secondary N) is 2. The lowest BCUT2D eigenvalue weighted by atomic mass is 10.1. The quantitative estimate of drug-likeness (QED) is 0.562. The van der Waals surface area contributed by atoms with Crippen molar-refractivity contribution in [3.05, 3.63) is 70.9 Å². The van der Waals surface area contributed by atoms with Crippen molar-refractivity contribution >= 4 is 34.6 Å². The van der Waals surface area contributed by atoms with Gasteiger partial charge in [-0.25, -0.2) is 5.43 Å². The summed E-state index contributed by atoms with van der Waals surface area (Å²) in [5, 5.41) is 5.73. The van der Waals surface area contributed by atoms with E-state index in [4.69, 9.17) is 11.6 Å². The van der Waals surface area contributed by atoms with Gasteiger partial charge in [-0.2, -0.15) is 5.10 Å². The minimum atomic E-state index is -0.168. The molecule has 0 aliphatic rings. The number of carbonyl (C=O) groups excluding carboxylic acids is 1. The van der Waals surface area contributed by atoms with Crippen LogP contribution in [0.3, 0.4) is 0 Å². The Bertz CT molecular complexity index is 821. The van der Waals surface area contributed by atoms with Crippen LogP contribution in [-0.4, -0.2) is 17.1 Å². The molecule has 2 aromatic carbocycles. The van der Waals surface area contributed by atoms with Gasteiger partial charge in [0.1, 0.15) is 0 Å². The number of halogens is 1. The van der Waals surface area contributed by atoms with Gasteiger partial charge >= 0.3 is 0 Å². The van der Waals surface area contributed by atoms with Gasteiger partial charge in [0.25, 0.3) is 0 Å². The van der Waals surface area contributed by atoms with Crippen LogP contribution >= 0.6 is 11.6 Å². The van der Waals surface area contributed by atoms with E-state index in [0.29, 0.717) is 5.02 Å². The van der Waals surface area contributed by atoms with E-state index in [1.165, 1.54) is 0 Å². The third kappa shape index (κ3) is 3.35. The topological polar surface area (TPSA) is 57.2 Å². The Balaban J connectivity index is 1.62. The van der Waals surface area contributed by atoms with Crippen LogP contribution in [0.2, 0.25) is 5.02 Å². The van der Waals surface area contributed by atoms with Crippen LogP contribution < -0.4 is 5.43 Å². The molecule has 0 radical (unpaired) electrons. The summed E-state index contributed by atoms with van der Waals surface area (Å²) < 4.78 is 0. The zero-order valence-corrected chi connectivity index (χ0v) is 12.5. The number of amides is 1. The van der Waals surface area contributed by atoms with Crippen LogP contribution in [0.1, 0.15) is 11.1 Å². The molecular formula is C17H14ClN3O. The maximum absolute atomic E-state index is 11.8. The zero-order valence-electron chi connectivity index (χ0n) is 11.7. The summed E-state index contributed by atoms with van der Waals surface area (Å²) in [6.07, 6.45) is 3.76. The van der Waals surface area contributed by atoms with Gasteiger partial charge in [0.2, 0.25) is 5.91 Å². The van der Waals surface area contributed by atoms with Crippen molar-refractivity contribution in [3.8, 4) is 0 Å². The van der Waals surface area contributed by atoms with Gasteiger partial charge in [-0.1, -0.05) is 41.9 Å². The number of H-pyrrole nitrogens is 1. The smallest absolute Gasteiger partial charge is 0.244 e. The van der Waals surface area contributed by atoms with E-state index in [9.17, 15) is 4.79 Å². The molecule has 4 nitrogen and oxygen atoms in total. The molecule has 3 rings (SSSR count). The first kappa shape index (κ1) is 14.4. The van der Waals surface area contributed by atoms with Gasteiger partial charge in [-0.3, -0.25) is 4.79 Å². The first-order valence-electron chi connectivity index (χ1n) is 6.85. The van der Waals surface area contributed by atoms with Crippen molar-refractivity contribution in [1.29, 1.82) is 0 Å². The largest absolute Gasteiger partial charge is 0.361 e. The molecule has 5 heteroatoms. The summed E-state index contributed by atoms with van der Waals surface area (Å²) in [6.45, 7) is 0. The second-order valence-corrected chi connectivity index (χ2v) is 5.32. The number of carbonyl (C=O) groups is 1.